The van der Waals surface area contributed by atoms with Crippen LogP contribution in [0.1, 0.15) is 13.8 Å². The molecule has 14 heavy (non-hydrogen) atoms. The summed E-state index contributed by atoms with van der Waals surface area (Å²) in [5.41, 5.74) is 0. The van der Waals surface area contributed by atoms with Crippen molar-refractivity contribution in [3.63, 3.8) is 0 Å². The van der Waals surface area contributed by atoms with E-state index in [1.54, 1.807) is 13.8 Å². The van der Waals surface area contributed by atoms with E-state index < -0.39 is 24.7 Å². The molecular weight excluding hydrogens is 199 g/mol. The van der Waals surface area contributed by atoms with Gasteiger partial charge in [0, 0.05) is 0 Å². The van der Waals surface area contributed by atoms with Crippen LogP contribution in [0.2, 0.25) is 0 Å². The van der Waals surface area contributed by atoms with Crippen molar-refractivity contribution in [1.29, 1.82) is 0 Å². The molecule has 0 fully saturated rings. The number of aliphatic carboxylic acids is 1. The van der Waals surface area contributed by atoms with Crippen molar-refractivity contribution >= 4 is 5.97 Å². The van der Waals surface area contributed by atoms with Crippen molar-refractivity contribution < 1.29 is 23.1 Å². The molecule has 6 heteroatoms. The molecule has 0 spiro atoms. The van der Waals surface area contributed by atoms with Crippen LogP contribution in [0.3, 0.4) is 0 Å². The number of alkyl halides is 3. The number of hydrogen-bond donors (Lipinski definition) is 1. The highest BCUT2D eigenvalue weighted by molar-refractivity contribution is 5.73. The molecule has 0 heterocycles. The molecule has 0 rings (SSSR count). The van der Waals surface area contributed by atoms with Gasteiger partial charge in [0.2, 0.25) is 0 Å². The molecule has 0 amide bonds. The van der Waals surface area contributed by atoms with Crippen LogP contribution in [0.4, 0.5) is 13.2 Å². The average Bonchev–Trinajstić information content (AvgIpc) is 1.78. The smallest absolute Gasteiger partial charge is 0.401 e. The lowest BCUT2D eigenvalue weighted by molar-refractivity contribution is -0.161. The zero-order valence-corrected chi connectivity index (χ0v) is 8.30. The van der Waals surface area contributed by atoms with Crippen molar-refractivity contribution in [2.24, 2.45) is 5.92 Å². The standard InChI is InChI=1S/C8H14F3NO2/c1-5(2)6(7(13)14)12(3)4-8(9,10)11/h5-6H,4H2,1-3H3,(H,13,14). The van der Waals surface area contributed by atoms with Crippen molar-refractivity contribution in [1.82, 2.24) is 4.90 Å². The summed E-state index contributed by atoms with van der Waals surface area (Å²) in [6.07, 6.45) is -4.36. The van der Waals surface area contributed by atoms with Crippen LogP contribution >= 0.6 is 0 Å². The topological polar surface area (TPSA) is 40.5 Å². The molecule has 1 unspecified atom stereocenters. The Labute approximate surface area is 80.5 Å². The predicted octanol–water partition coefficient (Wildman–Crippen LogP) is 1.59. The molecule has 0 saturated carbocycles. The molecule has 1 atom stereocenters. The van der Waals surface area contributed by atoms with Crippen molar-refractivity contribution in [3.05, 3.63) is 0 Å². The van der Waals surface area contributed by atoms with E-state index >= 15 is 0 Å². The lowest BCUT2D eigenvalue weighted by Crippen LogP contribution is -2.46. The molecule has 0 aromatic carbocycles. The summed E-state index contributed by atoms with van der Waals surface area (Å²) in [6, 6.07) is -1.10. The van der Waals surface area contributed by atoms with Crippen LogP contribution in [0.15, 0.2) is 0 Å². The van der Waals surface area contributed by atoms with E-state index in [9.17, 15) is 18.0 Å². The lowest BCUT2D eigenvalue weighted by atomic mass is 10.0. The van der Waals surface area contributed by atoms with Crippen molar-refractivity contribution in [3.8, 4) is 0 Å². The fourth-order valence-electron chi connectivity index (χ4n) is 1.36. The van der Waals surface area contributed by atoms with Crippen LogP contribution in [0, 0.1) is 5.92 Å². The van der Waals surface area contributed by atoms with Gasteiger partial charge in [0.05, 0.1) is 6.54 Å². The van der Waals surface area contributed by atoms with Gasteiger partial charge in [0.1, 0.15) is 6.04 Å². The van der Waals surface area contributed by atoms with E-state index in [4.69, 9.17) is 5.11 Å². The highest BCUT2D eigenvalue weighted by Crippen LogP contribution is 2.19. The number of carbonyl (C=O) groups is 1. The largest absolute Gasteiger partial charge is 0.480 e. The minimum absolute atomic E-state index is 0.361. The van der Waals surface area contributed by atoms with Gasteiger partial charge >= 0.3 is 12.1 Å². The highest BCUT2D eigenvalue weighted by atomic mass is 19.4. The normalized spacial score (nSPS) is 14.9. The first kappa shape index (κ1) is 13.2. The van der Waals surface area contributed by atoms with Gasteiger partial charge in [0.15, 0.2) is 0 Å². The first-order valence-corrected chi connectivity index (χ1v) is 4.15. The second kappa shape index (κ2) is 4.63. The van der Waals surface area contributed by atoms with Gasteiger partial charge in [-0.15, -0.1) is 0 Å². The van der Waals surface area contributed by atoms with E-state index in [0.29, 0.717) is 0 Å². The molecule has 3 nitrogen and oxygen atoms in total. The fourth-order valence-corrected chi connectivity index (χ4v) is 1.36. The SMILES string of the molecule is CC(C)C(C(=O)O)N(C)CC(F)(F)F. The Morgan fingerprint density at radius 1 is 1.43 bits per heavy atom. The van der Waals surface area contributed by atoms with Gasteiger partial charge in [-0.25, -0.2) is 0 Å². The third kappa shape index (κ3) is 4.45. The van der Waals surface area contributed by atoms with Crippen LogP contribution in [-0.2, 0) is 4.79 Å². The van der Waals surface area contributed by atoms with Gasteiger partial charge in [0.25, 0.3) is 0 Å². The molecule has 0 saturated heterocycles. The number of hydrogen-bond acceptors (Lipinski definition) is 2. The van der Waals surface area contributed by atoms with Crippen LogP contribution < -0.4 is 0 Å². The molecular formula is C8H14F3NO2. The summed E-state index contributed by atoms with van der Waals surface area (Å²) in [5, 5.41) is 8.70. The second-order valence-corrected chi connectivity index (χ2v) is 3.56. The monoisotopic (exact) mass is 213 g/mol. The minimum atomic E-state index is -4.36. The van der Waals surface area contributed by atoms with Gasteiger partial charge in [-0.05, 0) is 13.0 Å². The summed E-state index contributed by atoms with van der Waals surface area (Å²) in [7, 11) is 1.16. The number of carboxylic acid groups (broad SMARTS) is 1. The predicted molar refractivity (Wildman–Crippen MR) is 44.9 cm³/mol. The van der Waals surface area contributed by atoms with Crippen molar-refractivity contribution in [2.45, 2.75) is 26.1 Å². The average molecular weight is 213 g/mol. The zero-order valence-electron chi connectivity index (χ0n) is 8.30. The summed E-state index contributed by atoms with van der Waals surface area (Å²) >= 11 is 0. The summed E-state index contributed by atoms with van der Waals surface area (Å²) in [6.45, 7) is 1.94. The number of nitrogens with zero attached hydrogens (tertiary/aromatic N) is 1. The summed E-state index contributed by atoms with van der Waals surface area (Å²) < 4.78 is 35.9. The molecule has 0 aromatic rings. The Bertz CT molecular complexity index is 203. The molecule has 0 aromatic heterocycles. The van der Waals surface area contributed by atoms with Crippen LogP contribution in [0.5, 0.6) is 0 Å². The third-order valence-corrected chi connectivity index (χ3v) is 1.79. The Morgan fingerprint density at radius 2 is 1.86 bits per heavy atom. The summed E-state index contributed by atoms with van der Waals surface area (Å²) in [5.74, 6) is -1.59. The first-order chi connectivity index (χ1) is 6.15. The molecule has 0 aliphatic carbocycles. The van der Waals surface area contributed by atoms with Gasteiger partial charge in [-0.1, -0.05) is 13.8 Å². The number of carboxylic acids is 1. The number of rotatable bonds is 4. The van der Waals surface area contributed by atoms with Gasteiger partial charge in [-0.2, -0.15) is 13.2 Å². The number of halogens is 3. The molecule has 0 bridgehead atoms. The van der Waals surface area contributed by atoms with Crippen LogP contribution in [0.25, 0.3) is 0 Å². The molecule has 1 N–H and O–H groups in total. The fraction of sp³-hybridized carbons (Fsp3) is 0.875. The third-order valence-electron chi connectivity index (χ3n) is 1.79. The van der Waals surface area contributed by atoms with E-state index in [-0.39, 0.29) is 5.92 Å². The maximum absolute atomic E-state index is 12.0. The Balaban J connectivity index is 4.46. The first-order valence-electron chi connectivity index (χ1n) is 4.15. The highest BCUT2D eigenvalue weighted by Gasteiger charge is 2.35. The quantitative estimate of drug-likeness (QED) is 0.770. The second-order valence-electron chi connectivity index (χ2n) is 3.56. The lowest BCUT2D eigenvalue weighted by Gasteiger charge is -2.28. The number of likely N-dealkylation sites (N-methyl/N-ethyl adjacent to an activating group) is 1. The summed E-state index contributed by atoms with van der Waals surface area (Å²) in [4.78, 5) is 11.5. The molecule has 84 valence electrons. The van der Waals surface area contributed by atoms with Gasteiger partial charge < -0.3 is 5.11 Å². The minimum Gasteiger partial charge on any atom is -0.480 e. The van der Waals surface area contributed by atoms with Crippen molar-refractivity contribution in [2.75, 3.05) is 13.6 Å². The molecule has 0 radical (unpaired) electrons. The Kier molecular flexibility index (Phi) is 4.38. The van der Waals surface area contributed by atoms with E-state index in [1.807, 2.05) is 0 Å². The Hall–Kier alpha value is -0.780. The van der Waals surface area contributed by atoms with Crippen LogP contribution in [-0.4, -0.2) is 41.8 Å². The maximum atomic E-state index is 12.0. The Morgan fingerprint density at radius 3 is 2.07 bits per heavy atom. The van der Waals surface area contributed by atoms with Gasteiger partial charge in [-0.3, -0.25) is 9.69 Å². The molecule has 0 aliphatic heterocycles. The van der Waals surface area contributed by atoms with E-state index in [1.165, 1.54) is 0 Å². The zero-order chi connectivity index (χ0) is 11.5. The maximum Gasteiger partial charge on any atom is 0.401 e. The van der Waals surface area contributed by atoms with E-state index in [2.05, 4.69) is 0 Å². The van der Waals surface area contributed by atoms with E-state index in [0.717, 1.165) is 11.9 Å². The molecule has 0 aliphatic rings.